The Labute approximate surface area is 198 Å². The quantitative estimate of drug-likeness (QED) is 0.361. The van der Waals surface area contributed by atoms with Gasteiger partial charge in [0.1, 0.15) is 0 Å². The van der Waals surface area contributed by atoms with Crippen molar-refractivity contribution in [1.82, 2.24) is 10.6 Å². The van der Waals surface area contributed by atoms with E-state index < -0.39 is 0 Å². The summed E-state index contributed by atoms with van der Waals surface area (Å²) in [6.07, 6.45) is 5.05. The summed E-state index contributed by atoms with van der Waals surface area (Å²) in [5.41, 5.74) is 0.898. The van der Waals surface area contributed by atoms with Gasteiger partial charge in [-0.2, -0.15) is 0 Å². The summed E-state index contributed by atoms with van der Waals surface area (Å²) in [6.45, 7) is 10.0. The molecule has 1 fully saturated rings. The van der Waals surface area contributed by atoms with Crippen LogP contribution in [0.3, 0.4) is 0 Å². The number of rotatable bonds is 12. The minimum absolute atomic E-state index is 0.0645. The van der Waals surface area contributed by atoms with Crippen LogP contribution in [0.25, 0.3) is 0 Å². The van der Waals surface area contributed by atoms with Crippen molar-refractivity contribution in [2.45, 2.75) is 72.6 Å². The average molecular weight is 461 g/mol. The zero-order chi connectivity index (χ0) is 24.2. The summed E-state index contributed by atoms with van der Waals surface area (Å²) in [4.78, 5) is 37.5. The minimum Gasteiger partial charge on any atom is -0.422 e. The summed E-state index contributed by atoms with van der Waals surface area (Å²) < 4.78 is 11.3. The molecule has 0 unspecified atom stereocenters. The van der Waals surface area contributed by atoms with Crippen LogP contribution < -0.4 is 20.1 Å². The standard InChI is InChI=1S/C26H40N2O5/c1-5-19(6-2)25(30)32-22-10-9-18(17-23(22)33-26(31)20(7-3)8-4)11-16-28-24(29)21-12-14-27-15-13-21/h9-10,17,19-21,27H,5-8,11-16H2,1-4H3,(H,28,29). The predicted octanol–water partition coefficient (Wildman–Crippen LogP) is 4.03. The van der Waals surface area contributed by atoms with Gasteiger partial charge in [0.15, 0.2) is 11.5 Å². The molecule has 1 aliphatic heterocycles. The first-order valence-corrected chi connectivity index (χ1v) is 12.5. The molecule has 7 heteroatoms. The molecule has 2 N–H and O–H groups in total. The van der Waals surface area contributed by atoms with Gasteiger partial charge in [-0.05, 0) is 75.7 Å². The molecule has 1 aromatic rings. The van der Waals surface area contributed by atoms with Crippen molar-refractivity contribution in [1.29, 1.82) is 0 Å². The van der Waals surface area contributed by atoms with Gasteiger partial charge < -0.3 is 20.1 Å². The van der Waals surface area contributed by atoms with Crippen molar-refractivity contribution in [3.63, 3.8) is 0 Å². The monoisotopic (exact) mass is 460 g/mol. The molecule has 0 aliphatic carbocycles. The Morgan fingerprint density at radius 2 is 1.45 bits per heavy atom. The molecule has 2 rings (SSSR count). The van der Waals surface area contributed by atoms with E-state index in [1.807, 2.05) is 33.8 Å². The number of carbonyl (C=O) groups is 3. The lowest BCUT2D eigenvalue weighted by Gasteiger charge is -2.21. The van der Waals surface area contributed by atoms with Gasteiger partial charge in [0.2, 0.25) is 5.91 Å². The van der Waals surface area contributed by atoms with Crippen molar-refractivity contribution >= 4 is 17.8 Å². The Morgan fingerprint density at radius 3 is 2.00 bits per heavy atom. The molecule has 1 aromatic carbocycles. The van der Waals surface area contributed by atoms with Crippen molar-refractivity contribution in [2.24, 2.45) is 17.8 Å². The Balaban J connectivity index is 2.10. The van der Waals surface area contributed by atoms with Gasteiger partial charge in [-0.15, -0.1) is 0 Å². The van der Waals surface area contributed by atoms with E-state index in [1.165, 1.54) is 0 Å². The third-order valence-electron chi connectivity index (χ3n) is 6.49. The average Bonchev–Trinajstić information content (AvgIpc) is 2.82. The largest absolute Gasteiger partial charge is 0.422 e. The molecule has 1 saturated heterocycles. The SMILES string of the molecule is CCC(CC)C(=O)Oc1ccc(CCNC(=O)C2CCNCC2)cc1OC(=O)C(CC)CC. The topological polar surface area (TPSA) is 93.7 Å². The van der Waals surface area contributed by atoms with Crippen LogP contribution in [0.4, 0.5) is 0 Å². The summed E-state index contributed by atoms with van der Waals surface area (Å²) in [5, 5.41) is 6.28. The maximum absolute atomic E-state index is 12.6. The van der Waals surface area contributed by atoms with E-state index in [4.69, 9.17) is 9.47 Å². The van der Waals surface area contributed by atoms with Gasteiger partial charge in [-0.1, -0.05) is 33.8 Å². The molecular formula is C26H40N2O5. The Hall–Kier alpha value is -2.41. The van der Waals surface area contributed by atoms with Crippen LogP contribution in [-0.2, 0) is 20.8 Å². The van der Waals surface area contributed by atoms with Gasteiger partial charge in [-0.25, -0.2) is 0 Å². The Kier molecular flexibility index (Phi) is 11.4. The Bertz CT molecular complexity index is 781. The highest BCUT2D eigenvalue weighted by molar-refractivity contribution is 5.79. The molecule has 33 heavy (non-hydrogen) atoms. The van der Waals surface area contributed by atoms with Crippen LogP contribution in [0.1, 0.15) is 71.8 Å². The number of ether oxygens (including phenoxy) is 2. The molecule has 1 aliphatic rings. The summed E-state index contributed by atoms with van der Waals surface area (Å²) in [5.74, 6) is -0.375. The van der Waals surface area contributed by atoms with E-state index in [-0.39, 0.29) is 47.1 Å². The third-order valence-corrected chi connectivity index (χ3v) is 6.49. The van der Waals surface area contributed by atoms with Gasteiger partial charge in [0, 0.05) is 12.5 Å². The fourth-order valence-corrected chi connectivity index (χ4v) is 4.06. The maximum atomic E-state index is 12.6. The van der Waals surface area contributed by atoms with Crippen LogP contribution >= 0.6 is 0 Å². The zero-order valence-electron chi connectivity index (χ0n) is 20.6. The highest BCUT2D eigenvalue weighted by Crippen LogP contribution is 2.31. The highest BCUT2D eigenvalue weighted by atomic mass is 16.6. The van der Waals surface area contributed by atoms with Crippen molar-refractivity contribution in [3.8, 4) is 11.5 Å². The molecule has 0 saturated carbocycles. The molecule has 1 heterocycles. The fraction of sp³-hybridized carbons (Fsp3) is 0.654. The molecule has 0 aromatic heterocycles. The second-order valence-electron chi connectivity index (χ2n) is 8.72. The Morgan fingerprint density at radius 1 is 0.909 bits per heavy atom. The minimum atomic E-state index is -0.323. The second kappa shape index (κ2) is 14.0. The third kappa shape index (κ3) is 8.14. The van der Waals surface area contributed by atoms with E-state index in [9.17, 15) is 14.4 Å². The smallest absolute Gasteiger partial charge is 0.314 e. The van der Waals surface area contributed by atoms with Gasteiger partial charge >= 0.3 is 11.9 Å². The molecule has 0 atom stereocenters. The molecule has 184 valence electrons. The number of nitrogens with one attached hydrogen (secondary N) is 2. The van der Waals surface area contributed by atoms with E-state index in [0.29, 0.717) is 38.6 Å². The van der Waals surface area contributed by atoms with Crippen LogP contribution in [0.5, 0.6) is 11.5 Å². The molecule has 0 bridgehead atoms. The number of amides is 1. The first-order valence-electron chi connectivity index (χ1n) is 12.5. The zero-order valence-corrected chi connectivity index (χ0v) is 20.6. The lowest BCUT2D eigenvalue weighted by atomic mass is 9.97. The van der Waals surface area contributed by atoms with E-state index >= 15 is 0 Å². The first-order chi connectivity index (χ1) is 15.9. The van der Waals surface area contributed by atoms with E-state index in [0.717, 1.165) is 31.5 Å². The van der Waals surface area contributed by atoms with Gasteiger partial charge in [-0.3, -0.25) is 14.4 Å². The number of piperidine rings is 1. The van der Waals surface area contributed by atoms with Gasteiger partial charge in [0.25, 0.3) is 0 Å². The highest BCUT2D eigenvalue weighted by Gasteiger charge is 2.23. The van der Waals surface area contributed by atoms with Crippen molar-refractivity contribution < 1.29 is 23.9 Å². The van der Waals surface area contributed by atoms with E-state index in [1.54, 1.807) is 12.1 Å². The van der Waals surface area contributed by atoms with Crippen LogP contribution in [-0.4, -0.2) is 37.5 Å². The van der Waals surface area contributed by atoms with E-state index in [2.05, 4.69) is 10.6 Å². The lowest BCUT2D eigenvalue weighted by Crippen LogP contribution is -2.38. The number of benzene rings is 1. The molecule has 7 nitrogen and oxygen atoms in total. The molecule has 1 amide bonds. The summed E-state index contributed by atoms with van der Waals surface area (Å²) in [7, 11) is 0. The summed E-state index contributed by atoms with van der Waals surface area (Å²) in [6, 6.07) is 5.27. The van der Waals surface area contributed by atoms with Crippen LogP contribution in [0, 0.1) is 17.8 Å². The maximum Gasteiger partial charge on any atom is 0.314 e. The van der Waals surface area contributed by atoms with Crippen molar-refractivity contribution in [2.75, 3.05) is 19.6 Å². The van der Waals surface area contributed by atoms with Crippen LogP contribution in [0.15, 0.2) is 18.2 Å². The number of carbonyl (C=O) groups excluding carboxylic acids is 3. The second-order valence-corrected chi connectivity index (χ2v) is 8.72. The molecule has 0 radical (unpaired) electrons. The fourth-order valence-electron chi connectivity index (χ4n) is 4.06. The number of hydrogen-bond donors (Lipinski definition) is 2. The van der Waals surface area contributed by atoms with Gasteiger partial charge in [0.05, 0.1) is 11.8 Å². The first kappa shape index (κ1) is 26.8. The molecule has 0 spiro atoms. The molecular weight excluding hydrogens is 420 g/mol. The normalized spacial score (nSPS) is 14.4. The predicted molar refractivity (Wildman–Crippen MR) is 128 cm³/mol. The summed E-state index contributed by atoms with van der Waals surface area (Å²) >= 11 is 0. The number of hydrogen-bond acceptors (Lipinski definition) is 6. The number of esters is 2. The van der Waals surface area contributed by atoms with Crippen LogP contribution in [0.2, 0.25) is 0 Å². The van der Waals surface area contributed by atoms with Crippen molar-refractivity contribution in [3.05, 3.63) is 23.8 Å². The lowest BCUT2D eigenvalue weighted by molar-refractivity contribution is -0.142.